The first kappa shape index (κ1) is 35.5. The Morgan fingerprint density at radius 2 is 1.53 bits per heavy atom. The number of fused-ring (bicyclic) bond motifs is 6. The van der Waals surface area contributed by atoms with E-state index in [9.17, 15) is 29.7 Å². The SMILES string of the molecule is CCCC(=O)OC1CC2CC(O)CC(CC(C)C=CC=CCC3OC(CC3C)C(O)CC3OC(=O)C1(O)C3OC(=O)CCC)O2. The van der Waals surface area contributed by atoms with Gasteiger partial charge < -0.3 is 39.0 Å². The summed E-state index contributed by atoms with van der Waals surface area (Å²) in [5, 5.41) is 34.2. The van der Waals surface area contributed by atoms with Crippen LogP contribution in [0.15, 0.2) is 24.3 Å². The Balaban J connectivity index is 1.71. The molecule has 0 radical (unpaired) electrons. The van der Waals surface area contributed by atoms with Crippen molar-refractivity contribution in [2.75, 3.05) is 0 Å². The highest BCUT2D eigenvalue weighted by atomic mass is 16.6. The van der Waals surface area contributed by atoms with E-state index < -0.39 is 66.2 Å². The van der Waals surface area contributed by atoms with Crippen molar-refractivity contribution in [3.05, 3.63) is 24.3 Å². The van der Waals surface area contributed by atoms with Crippen LogP contribution in [0.5, 0.6) is 0 Å². The molecule has 0 aromatic heterocycles. The Morgan fingerprint density at radius 1 is 0.867 bits per heavy atom. The normalized spacial score (nSPS) is 40.9. The number of rotatable bonds is 6. The third-order valence-corrected chi connectivity index (χ3v) is 9.40. The first-order valence-electron chi connectivity index (χ1n) is 16.8. The van der Waals surface area contributed by atoms with Crippen LogP contribution in [0.1, 0.15) is 98.3 Å². The predicted octanol–water partition coefficient (Wildman–Crippen LogP) is 3.45. The molecule has 12 atom stereocenters. The maximum absolute atomic E-state index is 13.6. The number of hydrogen-bond acceptors (Lipinski definition) is 11. The van der Waals surface area contributed by atoms with Gasteiger partial charge in [0.15, 0.2) is 6.10 Å². The van der Waals surface area contributed by atoms with Gasteiger partial charge >= 0.3 is 17.9 Å². The molecule has 6 bridgehead atoms. The summed E-state index contributed by atoms with van der Waals surface area (Å²) in [6, 6.07) is 0. The minimum atomic E-state index is -2.56. The first-order valence-corrected chi connectivity index (χ1v) is 16.8. The van der Waals surface area contributed by atoms with Crippen molar-refractivity contribution in [3.8, 4) is 0 Å². The lowest BCUT2D eigenvalue weighted by molar-refractivity contribution is -0.200. The number of aliphatic hydroxyl groups is 3. The minimum Gasteiger partial charge on any atom is -0.458 e. The molecule has 4 aliphatic rings. The Morgan fingerprint density at radius 3 is 2.22 bits per heavy atom. The van der Waals surface area contributed by atoms with E-state index in [2.05, 4.69) is 19.9 Å². The van der Waals surface area contributed by atoms with Gasteiger partial charge in [0.05, 0.1) is 36.6 Å². The van der Waals surface area contributed by atoms with E-state index in [4.69, 9.17) is 23.7 Å². The van der Waals surface area contributed by atoms with Gasteiger partial charge in [-0.3, -0.25) is 9.59 Å². The Labute approximate surface area is 266 Å². The summed E-state index contributed by atoms with van der Waals surface area (Å²) in [6.45, 7) is 7.71. The lowest BCUT2D eigenvalue weighted by Crippen LogP contribution is -2.59. The van der Waals surface area contributed by atoms with Crippen LogP contribution in [-0.4, -0.2) is 93.8 Å². The third-order valence-electron chi connectivity index (χ3n) is 9.40. The summed E-state index contributed by atoms with van der Waals surface area (Å²) in [5.41, 5.74) is -2.56. The maximum atomic E-state index is 13.6. The molecule has 0 aromatic carbocycles. The highest BCUT2D eigenvalue weighted by molar-refractivity contribution is 5.85. The smallest absolute Gasteiger partial charge is 0.346 e. The quantitative estimate of drug-likeness (QED) is 0.290. The number of hydrogen-bond donors (Lipinski definition) is 3. The van der Waals surface area contributed by atoms with Crippen molar-refractivity contribution in [2.24, 2.45) is 11.8 Å². The van der Waals surface area contributed by atoms with Crippen LogP contribution in [0.25, 0.3) is 0 Å². The van der Waals surface area contributed by atoms with Crippen molar-refractivity contribution >= 4 is 17.9 Å². The fourth-order valence-corrected chi connectivity index (χ4v) is 7.01. The van der Waals surface area contributed by atoms with E-state index in [1.807, 2.05) is 18.2 Å². The monoisotopic (exact) mass is 636 g/mol. The molecule has 11 nitrogen and oxygen atoms in total. The van der Waals surface area contributed by atoms with Gasteiger partial charge in [-0.05, 0) is 56.8 Å². The second-order valence-electron chi connectivity index (χ2n) is 13.4. The molecule has 0 aliphatic carbocycles. The Hall–Kier alpha value is -2.31. The molecule has 0 saturated carbocycles. The average molecular weight is 637 g/mol. The van der Waals surface area contributed by atoms with E-state index in [-0.39, 0.29) is 56.1 Å². The van der Waals surface area contributed by atoms with Gasteiger partial charge in [0, 0.05) is 25.7 Å². The number of ether oxygens (including phenoxy) is 5. The van der Waals surface area contributed by atoms with Crippen LogP contribution >= 0.6 is 0 Å². The van der Waals surface area contributed by atoms with E-state index in [0.717, 1.165) is 0 Å². The van der Waals surface area contributed by atoms with Crippen LogP contribution in [0.2, 0.25) is 0 Å². The lowest BCUT2D eigenvalue weighted by atomic mass is 9.83. The van der Waals surface area contributed by atoms with Gasteiger partial charge in [0.2, 0.25) is 5.60 Å². The topological polar surface area (TPSA) is 158 Å². The standard InChI is InChI=1S/C34H52O11/c1-5-10-30(37)44-29-18-24-17-22(35)16-23(41-24)14-20(3)12-8-7-9-13-26-21(4)15-27(42-26)25(36)19-28-32(45-31(38)11-6-2)34(29,40)33(39)43-28/h7-9,12,20-29,32,35-36,40H,5-6,10-11,13-19H2,1-4H3. The average Bonchev–Trinajstić information content (AvgIpc) is 3.44. The van der Waals surface area contributed by atoms with Gasteiger partial charge in [-0.25, -0.2) is 4.79 Å². The molecule has 0 amide bonds. The maximum Gasteiger partial charge on any atom is 0.346 e. The number of carbonyl (C=O) groups is 3. The van der Waals surface area contributed by atoms with Crippen LogP contribution in [0.3, 0.4) is 0 Å². The Bertz CT molecular complexity index is 1070. The zero-order valence-electron chi connectivity index (χ0n) is 27.0. The molecule has 0 spiro atoms. The molecule has 4 rings (SSSR count). The molecule has 11 heteroatoms. The molecular formula is C34H52O11. The van der Waals surface area contributed by atoms with E-state index in [1.54, 1.807) is 13.8 Å². The zero-order chi connectivity index (χ0) is 32.7. The molecule has 12 unspecified atom stereocenters. The second kappa shape index (κ2) is 16.0. The van der Waals surface area contributed by atoms with Crippen LogP contribution < -0.4 is 0 Å². The number of aliphatic hydroxyl groups excluding tert-OH is 2. The number of carbonyl (C=O) groups excluding carboxylic acids is 3. The number of allylic oxidation sites excluding steroid dienone is 3. The van der Waals surface area contributed by atoms with Crippen molar-refractivity contribution in [2.45, 2.75) is 159 Å². The van der Waals surface area contributed by atoms with Crippen molar-refractivity contribution < 1.29 is 53.4 Å². The van der Waals surface area contributed by atoms with Crippen molar-refractivity contribution in [3.63, 3.8) is 0 Å². The molecule has 4 aliphatic heterocycles. The first-order chi connectivity index (χ1) is 21.4. The molecular weight excluding hydrogens is 584 g/mol. The van der Waals surface area contributed by atoms with E-state index >= 15 is 0 Å². The van der Waals surface area contributed by atoms with Gasteiger partial charge in [-0.1, -0.05) is 52.0 Å². The van der Waals surface area contributed by atoms with Crippen molar-refractivity contribution in [1.29, 1.82) is 0 Å². The molecule has 254 valence electrons. The molecule has 3 N–H and O–H groups in total. The largest absolute Gasteiger partial charge is 0.458 e. The predicted molar refractivity (Wildman–Crippen MR) is 163 cm³/mol. The minimum absolute atomic E-state index is 0.0288. The zero-order valence-corrected chi connectivity index (χ0v) is 27.0. The second-order valence-corrected chi connectivity index (χ2v) is 13.4. The van der Waals surface area contributed by atoms with Gasteiger partial charge in [0.25, 0.3) is 0 Å². The summed E-state index contributed by atoms with van der Waals surface area (Å²) >= 11 is 0. The van der Waals surface area contributed by atoms with Crippen LogP contribution in [0.4, 0.5) is 0 Å². The van der Waals surface area contributed by atoms with E-state index in [1.165, 1.54) is 0 Å². The lowest BCUT2D eigenvalue weighted by Gasteiger charge is -2.39. The highest BCUT2D eigenvalue weighted by Crippen LogP contribution is 2.41. The van der Waals surface area contributed by atoms with Gasteiger partial charge in [0.1, 0.15) is 12.2 Å². The molecule has 3 saturated heterocycles. The molecule has 45 heavy (non-hydrogen) atoms. The molecule has 0 aromatic rings. The van der Waals surface area contributed by atoms with Gasteiger partial charge in [-0.2, -0.15) is 0 Å². The van der Waals surface area contributed by atoms with Crippen LogP contribution in [-0.2, 0) is 38.1 Å². The summed E-state index contributed by atoms with van der Waals surface area (Å²) in [7, 11) is 0. The Kier molecular flexibility index (Phi) is 12.6. The third kappa shape index (κ3) is 8.94. The van der Waals surface area contributed by atoms with E-state index in [0.29, 0.717) is 38.5 Å². The summed E-state index contributed by atoms with van der Waals surface area (Å²) in [6.07, 6.45) is 3.60. The molecule has 3 fully saturated rings. The van der Waals surface area contributed by atoms with Crippen LogP contribution in [0, 0.1) is 11.8 Å². The van der Waals surface area contributed by atoms with Crippen molar-refractivity contribution in [1.82, 2.24) is 0 Å². The summed E-state index contributed by atoms with van der Waals surface area (Å²) < 4.78 is 29.7. The highest BCUT2D eigenvalue weighted by Gasteiger charge is 2.65. The number of esters is 3. The fourth-order valence-electron chi connectivity index (χ4n) is 7.01. The fraction of sp³-hybridized carbons (Fsp3) is 0.794. The van der Waals surface area contributed by atoms with Gasteiger partial charge in [-0.15, -0.1) is 0 Å². The summed E-state index contributed by atoms with van der Waals surface area (Å²) in [5.74, 6) is -2.11. The summed E-state index contributed by atoms with van der Waals surface area (Å²) in [4.78, 5) is 39.3. The molecule has 4 heterocycles.